The Balaban J connectivity index is 2.47. The van der Waals surface area contributed by atoms with Gasteiger partial charge in [-0.15, -0.1) is 0 Å². The summed E-state index contributed by atoms with van der Waals surface area (Å²) in [7, 11) is 0. The molecule has 0 aromatic heterocycles. The van der Waals surface area contributed by atoms with E-state index in [1.165, 1.54) is 0 Å². The van der Waals surface area contributed by atoms with Gasteiger partial charge in [-0.3, -0.25) is 4.79 Å². The zero-order chi connectivity index (χ0) is 17.4. The van der Waals surface area contributed by atoms with Crippen molar-refractivity contribution < 1.29 is 9.59 Å². The fourth-order valence-electron chi connectivity index (χ4n) is 2.40. The van der Waals surface area contributed by atoms with Gasteiger partial charge in [0.2, 0.25) is 0 Å². The topological polar surface area (TPSA) is 49.4 Å². The number of nitrogens with zero attached hydrogens (tertiary/aromatic N) is 1. The van der Waals surface area contributed by atoms with Crippen molar-refractivity contribution in [2.45, 2.75) is 41.0 Å². The average molecular weight is 318 g/mol. The Labute approximate surface area is 140 Å². The minimum absolute atomic E-state index is 0.0598. The second-order valence-electron chi connectivity index (χ2n) is 6.96. The van der Waals surface area contributed by atoms with Crippen LogP contribution in [0.1, 0.15) is 50.0 Å². The molecule has 0 aliphatic heterocycles. The maximum atomic E-state index is 12.3. The van der Waals surface area contributed by atoms with Crippen molar-refractivity contribution in [2.24, 2.45) is 11.8 Å². The van der Waals surface area contributed by atoms with E-state index in [2.05, 4.69) is 33.0 Å². The van der Waals surface area contributed by atoms with Crippen LogP contribution in [-0.4, -0.2) is 36.3 Å². The number of ketones is 1. The summed E-state index contributed by atoms with van der Waals surface area (Å²) in [4.78, 5) is 26.2. The molecule has 4 heteroatoms. The maximum Gasteiger partial charge on any atom is 0.317 e. The van der Waals surface area contributed by atoms with Gasteiger partial charge in [-0.1, -0.05) is 57.5 Å². The molecule has 4 nitrogen and oxygen atoms in total. The summed E-state index contributed by atoms with van der Waals surface area (Å²) in [5.41, 5.74) is 1.83. The van der Waals surface area contributed by atoms with Gasteiger partial charge in [0.25, 0.3) is 0 Å². The third-order valence-corrected chi connectivity index (χ3v) is 3.46. The van der Waals surface area contributed by atoms with Gasteiger partial charge in [-0.2, -0.15) is 0 Å². The van der Waals surface area contributed by atoms with Crippen LogP contribution in [0.4, 0.5) is 4.79 Å². The van der Waals surface area contributed by atoms with Crippen LogP contribution >= 0.6 is 0 Å². The van der Waals surface area contributed by atoms with E-state index in [1.807, 2.05) is 36.1 Å². The number of rotatable bonds is 8. The van der Waals surface area contributed by atoms with Crippen LogP contribution in [0, 0.1) is 18.8 Å². The maximum absolute atomic E-state index is 12.3. The smallest absolute Gasteiger partial charge is 0.317 e. The molecule has 0 atom stereocenters. The molecular weight excluding hydrogens is 288 g/mol. The van der Waals surface area contributed by atoms with Crippen molar-refractivity contribution in [1.82, 2.24) is 10.2 Å². The van der Waals surface area contributed by atoms with E-state index in [-0.39, 0.29) is 11.8 Å². The van der Waals surface area contributed by atoms with Crippen LogP contribution in [-0.2, 0) is 0 Å². The fourth-order valence-corrected chi connectivity index (χ4v) is 2.40. The number of urea groups is 1. The zero-order valence-electron chi connectivity index (χ0n) is 15.1. The summed E-state index contributed by atoms with van der Waals surface area (Å²) in [5.74, 6) is 0.909. The van der Waals surface area contributed by atoms with E-state index in [0.29, 0.717) is 30.4 Å². The molecule has 23 heavy (non-hydrogen) atoms. The van der Waals surface area contributed by atoms with E-state index in [1.54, 1.807) is 0 Å². The predicted octanol–water partition coefficient (Wildman–Crippen LogP) is 3.89. The predicted molar refractivity (Wildman–Crippen MR) is 94.8 cm³/mol. The van der Waals surface area contributed by atoms with E-state index >= 15 is 0 Å². The van der Waals surface area contributed by atoms with Crippen molar-refractivity contribution in [3.05, 3.63) is 35.4 Å². The highest BCUT2D eigenvalue weighted by Gasteiger charge is 2.16. The highest BCUT2D eigenvalue weighted by Crippen LogP contribution is 2.07. The summed E-state index contributed by atoms with van der Waals surface area (Å²) in [6.07, 6.45) is 0.325. The van der Waals surface area contributed by atoms with Crippen LogP contribution in [0.15, 0.2) is 24.3 Å². The van der Waals surface area contributed by atoms with Crippen LogP contribution in [0.2, 0.25) is 0 Å². The van der Waals surface area contributed by atoms with Gasteiger partial charge in [-0.05, 0) is 18.8 Å². The van der Waals surface area contributed by atoms with Crippen molar-refractivity contribution in [2.75, 3.05) is 19.6 Å². The van der Waals surface area contributed by atoms with E-state index < -0.39 is 0 Å². The lowest BCUT2D eigenvalue weighted by Gasteiger charge is -2.26. The minimum atomic E-state index is -0.0795. The number of benzene rings is 1. The summed E-state index contributed by atoms with van der Waals surface area (Å²) < 4.78 is 0. The van der Waals surface area contributed by atoms with Crippen molar-refractivity contribution in [1.29, 1.82) is 0 Å². The Hall–Kier alpha value is -1.84. The quantitative estimate of drug-likeness (QED) is 0.739. The number of Topliss-reactive ketones (excluding diaryl/α,β-unsaturated/α-hetero) is 1. The largest absolute Gasteiger partial charge is 0.338 e. The fraction of sp³-hybridized carbons (Fsp3) is 0.579. The van der Waals surface area contributed by atoms with Crippen molar-refractivity contribution >= 4 is 11.8 Å². The Morgan fingerprint density at radius 2 is 1.52 bits per heavy atom. The molecule has 0 spiro atoms. The van der Waals surface area contributed by atoms with Gasteiger partial charge in [-0.25, -0.2) is 4.79 Å². The van der Waals surface area contributed by atoms with Gasteiger partial charge in [0.1, 0.15) is 0 Å². The number of amides is 2. The second kappa shape index (κ2) is 9.33. The first-order chi connectivity index (χ1) is 10.8. The molecule has 1 rings (SSSR count). The van der Waals surface area contributed by atoms with Crippen LogP contribution in [0.25, 0.3) is 0 Å². The number of carbonyl (C=O) groups excluding carboxylic acids is 2. The first kappa shape index (κ1) is 19.2. The molecule has 128 valence electrons. The molecular formula is C19H30N2O2. The lowest BCUT2D eigenvalue weighted by Crippen LogP contribution is -2.44. The molecule has 0 bridgehead atoms. The molecule has 0 unspecified atom stereocenters. The summed E-state index contributed by atoms with van der Waals surface area (Å²) in [6.45, 7) is 12.2. The Bertz CT molecular complexity index is 497. The SMILES string of the molecule is Cc1ccc(C(=O)CCNC(=O)N(CC(C)C)CC(C)C)cc1. The van der Waals surface area contributed by atoms with E-state index in [0.717, 1.165) is 18.7 Å². The van der Waals surface area contributed by atoms with Gasteiger partial charge >= 0.3 is 6.03 Å². The van der Waals surface area contributed by atoms with Gasteiger partial charge in [0, 0.05) is 31.6 Å². The summed E-state index contributed by atoms with van der Waals surface area (Å²) in [6, 6.07) is 7.45. The molecule has 0 saturated carbocycles. The molecule has 0 aliphatic carbocycles. The lowest BCUT2D eigenvalue weighted by atomic mass is 10.1. The Morgan fingerprint density at radius 3 is 2.00 bits per heavy atom. The van der Waals surface area contributed by atoms with Gasteiger partial charge < -0.3 is 10.2 Å². The molecule has 1 N–H and O–H groups in total. The standard InChI is InChI=1S/C19H30N2O2/c1-14(2)12-21(13-15(3)4)19(23)20-11-10-18(22)17-8-6-16(5)7-9-17/h6-9,14-15H,10-13H2,1-5H3,(H,20,23). The molecule has 0 saturated heterocycles. The first-order valence-electron chi connectivity index (χ1n) is 8.42. The summed E-state index contributed by atoms with van der Waals surface area (Å²) >= 11 is 0. The molecule has 2 amide bonds. The molecule has 1 aromatic carbocycles. The lowest BCUT2D eigenvalue weighted by molar-refractivity contribution is 0.0982. The van der Waals surface area contributed by atoms with E-state index in [4.69, 9.17) is 0 Å². The summed E-state index contributed by atoms with van der Waals surface area (Å²) in [5, 5.41) is 2.87. The van der Waals surface area contributed by atoms with Crippen LogP contribution in [0.3, 0.4) is 0 Å². The van der Waals surface area contributed by atoms with E-state index in [9.17, 15) is 9.59 Å². The molecule has 0 radical (unpaired) electrons. The van der Waals surface area contributed by atoms with Crippen molar-refractivity contribution in [3.8, 4) is 0 Å². The van der Waals surface area contributed by atoms with Crippen molar-refractivity contribution in [3.63, 3.8) is 0 Å². The Morgan fingerprint density at radius 1 is 1.00 bits per heavy atom. The second-order valence-corrected chi connectivity index (χ2v) is 6.96. The third-order valence-electron chi connectivity index (χ3n) is 3.46. The molecule has 0 fully saturated rings. The zero-order valence-corrected chi connectivity index (χ0v) is 15.1. The number of hydrogen-bond acceptors (Lipinski definition) is 2. The Kier molecular flexibility index (Phi) is 7.79. The number of hydrogen-bond donors (Lipinski definition) is 1. The van der Waals surface area contributed by atoms with Crippen LogP contribution in [0.5, 0.6) is 0 Å². The molecule has 0 heterocycles. The number of nitrogens with one attached hydrogen (secondary N) is 1. The highest BCUT2D eigenvalue weighted by atomic mass is 16.2. The molecule has 1 aromatic rings. The minimum Gasteiger partial charge on any atom is -0.338 e. The average Bonchev–Trinajstić information content (AvgIpc) is 2.46. The number of aryl methyl sites for hydroxylation is 1. The molecule has 0 aliphatic rings. The van der Waals surface area contributed by atoms with Crippen LogP contribution < -0.4 is 5.32 Å². The normalized spacial score (nSPS) is 10.9. The van der Waals surface area contributed by atoms with Gasteiger partial charge in [0.15, 0.2) is 5.78 Å². The monoisotopic (exact) mass is 318 g/mol. The van der Waals surface area contributed by atoms with Gasteiger partial charge in [0.05, 0.1) is 0 Å². The highest BCUT2D eigenvalue weighted by molar-refractivity contribution is 5.96. The number of carbonyl (C=O) groups is 2. The third kappa shape index (κ3) is 7.31. The first-order valence-corrected chi connectivity index (χ1v) is 8.42.